The molecule has 2 aromatic rings. The van der Waals surface area contributed by atoms with Gasteiger partial charge in [-0.2, -0.15) is 9.40 Å². The molecular weight excluding hydrogens is 428 g/mol. The number of piperidine rings is 1. The van der Waals surface area contributed by atoms with Gasteiger partial charge in [-0.1, -0.05) is 20.3 Å². The number of methoxy groups -OCH3 is 1. The Morgan fingerprint density at radius 2 is 1.78 bits per heavy atom. The van der Waals surface area contributed by atoms with Crippen LogP contribution >= 0.6 is 0 Å². The lowest BCUT2D eigenvalue weighted by molar-refractivity contribution is 0.102. The van der Waals surface area contributed by atoms with E-state index in [4.69, 9.17) is 4.74 Å². The van der Waals surface area contributed by atoms with Crippen molar-refractivity contribution in [1.82, 2.24) is 14.1 Å². The molecule has 0 bridgehead atoms. The van der Waals surface area contributed by atoms with Gasteiger partial charge in [0.05, 0.1) is 12.6 Å². The zero-order chi connectivity index (χ0) is 23.7. The van der Waals surface area contributed by atoms with Crippen LogP contribution in [0.4, 0.5) is 5.69 Å². The number of nitrogens with one attached hydrogen (secondary N) is 1. The van der Waals surface area contributed by atoms with Crippen molar-refractivity contribution in [1.29, 1.82) is 0 Å². The summed E-state index contributed by atoms with van der Waals surface area (Å²) in [7, 11) is -2.28. The van der Waals surface area contributed by atoms with E-state index >= 15 is 0 Å². The monoisotopic (exact) mass is 462 g/mol. The van der Waals surface area contributed by atoms with E-state index in [0.29, 0.717) is 24.5 Å². The van der Waals surface area contributed by atoms with Gasteiger partial charge in [0.1, 0.15) is 10.6 Å². The molecule has 2 heterocycles. The highest BCUT2D eigenvalue weighted by Crippen LogP contribution is 2.31. The van der Waals surface area contributed by atoms with Crippen LogP contribution in [0, 0.1) is 0 Å². The highest BCUT2D eigenvalue weighted by molar-refractivity contribution is 7.89. The van der Waals surface area contributed by atoms with E-state index in [1.165, 1.54) is 17.5 Å². The number of aromatic nitrogens is 2. The average Bonchev–Trinajstić information content (AvgIpc) is 3.21. The molecule has 1 N–H and O–H groups in total. The molecular formula is C23H34N4O4S. The lowest BCUT2D eigenvalue weighted by Crippen LogP contribution is -2.35. The van der Waals surface area contributed by atoms with Crippen LogP contribution < -0.4 is 10.1 Å². The Labute approximate surface area is 191 Å². The molecule has 8 nitrogen and oxygen atoms in total. The average molecular weight is 463 g/mol. The fourth-order valence-corrected chi connectivity index (χ4v) is 5.55. The topological polar surface area (TPSA) is 93.5 Å². The van der Waals surface area contributed by atoms with E-state index in [9.17, 15) is 13.2 Å². The summed E-state index contributed by atoms with van der Waals surface area (Å²) in [4.78, 5) is 13.0. The van der Waals surface area contributed by atoms with Crippen LogP contribution in [0.3, 0.4) is 0 Å². The Morgan fingerprint density at radius 3 is 2.31 bits per heavy atom. The quantitative estimate of drug-likeness (QED) is 0.694. The Hall–Kier alpha value is -2.39. The van der Waals surface area contributed by atoms with Gasteiger partial charge in [0.25, 0.3) is 5.91 Å². The van der Waals surface area contributed by atoms with E-state index in [1.54, 1.807) is 18.2 Å². The van der Waals surface area contributed by atoms with Crippen LogP contribution in [0.5, 0.6) is 5.75 Å². The van der Waals surface area contributed by atoms with Crippen LogP contribution in [0.1, 0.15) is 76.0 Å². The number of nitrogens with zero attached hydrogens (tertiary/aromatic N) is 3. The lowest BCUT2D eigenvalue weighted by atomic mass is 10.1. The number of anilines is 1. The summed E-state index contributed by atoms with van der Waals surface area (Å²) in [6.45, 7) is 11.2. The normalized spacial score (nSPS) is 15.7. The summed E-state index contributed by atoms with van der Waals surface area (Å²) in [6.07, 6.45) is 2.71. The maximum absolute atomic E-state index is 13.2. The Bertz CT molecular complexity index is 1080. The molecule has 1 fully saturated rings. The lowest BCUT2D eigenvalue weighted by Gasteiger charge is -2.26. The van der Waals surface area contributed by atoms with Crippen molar-refractivity contribution in [2.75, 3.05) is 25.5 Å². The summed E-state index contributed by atoms with van der Waals surface area (Å²) in [5.41, 5.74) is 1.36. The molecule has 0 radical (unpaired) electrons. The third-order valence-corrected chi connectivity index (χ3v) is 7.47. The maximum Gasteiger partial charge on any atom is 0.276 e. The van der Waals surface area contributed by atoms with Gasteiger partial charge in [0, 0.05) is 24.5 Å². The van der Waals surface area contributed by atoms with Crippen molar-refractivity contribution in [3.63, 3.8) is 0 Å². The molecule has 32 heavy (non-hydrogen) atoms. The number of carbonyl (C=O) groups is 1. The SMILES string of the molecule is COc1ccc(NC(=O)c2cc(C(C)C)n(C(C)(C)C)n2)cc1S(=O)(=O)N1CCCCC1. The number of amides is 1. The third kappa shape index (κ3) is 4.99. The van der Waals surface area contributed by atoms with Crippen molar-refractivity contribution in [2.45, 2.75) is 70.2 Å². The summed E-state index contributed by atoms with van der Waals surface area (Å²) >= 11 is 0. The first-order chi connectivity index (χ1) is 14.9. The minimum absolute atomic E-state index is 0.0581. The van der Waals surface area contributed by atoms with Crippen LogP contribution in [-0.2, 0) is 15.6 Å². The predicted octanol–water partition coefficient (Wildman–Crippen LogP) is 4.20. The van der Waals surface area contributed by atoms with Crippen molar-refractivity contribution in [2.24, 2.45) is 0 Å². The van der Waals surface area contributed by atoms with Gasteiger partial charge >= 0.3 is 0 Å². The standard InChI is InChI=1S/C23H34N4O4S/c1-16(2)19-15-18(25-27(19)23(3,4)5)22(28)24-17-10-11-20(31-6)21(14-17)32(29,30)26-12-8-7-9-13-26/h10-11,14-16H,7-9,12-13H2,1-6H3,(H,24,28). The molecule has 0 saturated carbocycles. The molecule has 0 aliphatic carbocycles. The van der Waals surface area contributed by atoms with Crippen molar-refractivity contribution < 1.29 is 17.9 Å². The van der Waals surface area contributed by atoms with Gasteiger partial charge in [-0.15, -0.1) is 0 Å². The first kappa shape index (κ1) is 24.3. The van der Waals surface area contributed by atoms with Crippen molar-refractivity contribution in [3.8, 4) is 5.75 Å². The molecule has 1 aromatic carbocycles. The molecule has 0 unspecified atom stereocenters. The second-order valence-electron chi connectivity index (χ2n) is 9.48. The smallest absolute Gasteiger partial charge is 0.276 e. The first-order valence-electron chi connectivity index (χ1n) is 11.0. The zero-order valence-electron chi connectivity index (χ0n) is 19.8. The van der Waals surface area contributed by atoms with E-state index in [0.717, 1.165) is 25.0 Å². The van der Waals surface area contributed by atoms with E-state index in [-0.39, 0.29) is 28.0 Å². The summed E-state index contributed by atoms with van der Waals surface area (Å²) in [5, 5.41) is 7.33. The van der Waals surface area contributed by atoms with Crippen LogP contribution in [0.15, 0.2) is 29.2 Å². The van der Waals surface area contributed by atoms with Crippen LogP contribution in [-0.4, -0.2) is 48.6 Å². The fraction of sp³-hybridized carbons (Fsp3) is 0.565. The van der Waals surface area contributed by atoms with Gasteiger partial charge in [-0.25, -0.2) is 8.42 Å². The maximum atomic E-state index is 13.2. The Kier molecular flexibility index (Phi) is 7.00. The summed E-state index contributed by atoms with van der Waals surface area (Å²) in [5.74, 6) is 0.0691. The molecule has 0 spiro atoms. The fourth-order valence-electron chi connectivity index (χ4n) is 3.85. The van der Waals surface area contributed by atoms with E-state index in [2.05, 4.69) is 24.3 Å². The van der Waals surface area contributed by atoms with E-state index in [1.807, 2.05) is 25.5 Å². The van der Waals surface area contributed by atoms with Gasteiger partial charge in [-0.3, -0.25) is 9.48 Å². The molecule has 176 valence electrons. The third-order valence-electron chi connectivity index (χ3n) is 5.55. The molecule has 1 aliphatic rings. The molecule has 1 aliphatic heterocycles. The Balaban J connectivity index is 1.92. The Morgan fingerprint density at radius 1 is 1.12 bits per heavy atom. The van der Waals surface area contributed by atoms with Gasteiger partial charge < -0.3 is 10.1 Å². The zero-order valence-corrected chi connectivity index (χ0v) is 20.6. The number of rotatable bonds is 6. The number of benzene rings is 1. The number of hydrogen-bond donors (Lipinski definition) is 1. The molecule has 0 atom stereocenters. The highest BCUT2D eigenvalue weighted by atomic mass is 32.2. The predicted molar refractivity (Wildman–Crippen MR) is 125 cm³/mol. The number of ether oxygens (including phenoxy) is 1. The molecule has 9 heteroatoms. The molecule has 1 amide bonds. The molecule has 1 saturated heterocycles. The van der Waals surface area contributed by atoms with Crippen LogP contribution in [0.2, 0.25) is 0 Å². The van der Waals surface area contributed by atoms with Crippen molar-refractivity contribution >= 4 is 21.6 Å². The second-order valence-corrected chi connectivity index (χ2v) is 11.4. The van der Waals surface area contributed by atoms with Gasteiger partial charge in [-0.05, 0) is 63.8 Å². The second kappa shape index (κ2) is 9.23. The summed E-state index contributed by atoms with van der Waals surface area (Å²) < 4.78 is 35.1. The molecule has 3 rings (SSSR count). The van der Waals surface area contributed by atoms with Gasteiger partial charge in [0.15, 0.2) is 5.69 Å². The van der Waals surface area contributed by atoms with Crippen LogP contribution in [0.25, 0.3) is 0 Å². The number of carbonyl (C=O) groups excluding carboxylic acids is 1. The highest BCUT2D eigenvalue weighted by Gasteiger charge is 2.30. The number of sulfonamides is 1. The largest absolute Gasteiger partial charge is 0.495 e. The van der Waals surface area contributed by atoms with Crippen molar-refractivity contribution in [3.05, 3.63) is 35.7 Å². The minimum Gasteiger partial charge on any atom is -0.495 e. The van der Waals surface area contributed by atoms with Gasteiger partial charge in [0.2, 0.25) is 10.0 Å². The number of hydrogen-bond acceptors (Lipinski definition) is 5. The van der Waals surface area contributed by atoms with E-state index < -0.39 is 10.0 Å². The first-order valence-corrected chi connectivity index (χ1v) is 12.5. The minimum atomic E-state index is -3.72. The molecule has 1 aromatic heterocycles. The summed E-state index contributed by atoms with van der Waals surface area (Å²) in [6, 6.07) is 6.46.